The van der Waals surface area contributed by atoms with Gasteiger partial charge >= 0.3 is 0 Å². The maximum atomic E-state index is 11.9. The first-order chi connectivity index (χ1) is 12.4. The second-order valence-electron chi connectivity index (χ2n) is 6.44. The first-order valence-electron chi connectivity index (χ1n) is 8.60. The van der Waals surface area contributed by atoms with Crippen LogP contribution in [0.15, 0.2) is 48.6 Å². The first-order valence-corrected chi connectivity index (χ1v) is 8.60. The minimum atomic E-state index is -0.403. The molecule has 0 bridgehead atoms. The van der Waals surface area contributed by atoms with Crippen LogP contribution in [-0.2, 0) is 11.2 Å². The lowest BCUT2D eigenvalue weighted by atomic mass is 9.89. The average Bonchev–Trinajstić information content (AvgIpc) is 2.98. The van der Waals surface area contributed by atoms with Gasteiger partial charge in [0.25, 0.3) is 0 Å². The zero-order valence-electron chi connectivity index (χ0n) is 15.2. The van der Waals surface area contributed by atoms with Gasteiger partial charge in [-0.2, -0.15) is 0 Å². The van der Waals surface area contributed by atoms with Crippen molar-refractivity contribution in [2.45, 2.75) is 27.2 Å². The lowest BCUT2D eigenvalue weighted by molar-refractivity contribution is -0.111. The van der Waals surface area contributed by atoms with Gasteiger partial charge in [0.2, 0.25) is 11.8 Å². The van der Waals surface area contributed by atoms with Gasteiger partial charge in [0.05, 0.1) is 0 Å². The number of nitrogens with one attached hydrogen (secondary N) is 1. The van der Waals surface area contributed by atoms with E-state index in [-0.39, 0.29) is 5.91 Å². The van der Waals surface area contributed by atoms with Crippen LogP contribution >= 0.6 is 0 Å². The number of allylic oxidation sites excluding steroid dienone is 3. The lowest BCUT2D eigenvalue weighted by Crippen LogP contribution is -2.14. The van der Waals surface area contributed by atoms with Crippen molar-refractivity contribution in [2.24, 2.45) is 5.73 Å². The SMILES string of the molecule is C/C=C/C(=O)Nc1cccc(-c2ccc(C(N)=O)c3c2C(C)=CC3)c1C. The Morgan fingerprint density at radius 3 is 2.58 bits per heavy atom. The Balaban J connectivity index is 2.14. The molecule has 2 amide bonds. The third-order valence-electron chi connectivity index (χ3n) is 4.78. The molecule has 132 valence electrons. The molecule has 3 rings (SSSR count). The molecule has 3 N–H and O–H groups in total. The molecule has 2 aromatic carbocycles. The quantitative estimate of drug-likeness (QED) is 0.813. The summed E-state index contributed by atoms with van der Waals surface area (Å²) in [6, 6.07) is 9.59. The summed E-state index contributed by atoms with van der Waals surface area (Å²) in [5.41, 5.74) is 13.2. The van der Waals surface area contributed by atoms with Crippen molar-refractivity contribution < 1.29 is 9.59 Å². The van der Waals surface area contributed by atoms with Gasteiger partial charge in [0, 0.05) is 11.3 Å². The Morgan fingerprint density at radius 2 is 1.88 bits per heavy atom. The summed E-state index contributed by atoms with van der Waals surface area (Å²) in [5.74, 6) is -0.557. The molecule has 0 unspecified atom stereocenters. The number of carbonyl (C=O) groups is 2. The molecule has 4 heteroatoms. The highest BCUT2D eigenvalue weighted by Crippen LogP contribution is 2.40. The number of anilines is 1. The van der Waals surface area contributed by atoms with E-state index in [4.69, 9.17) is 5.73 Å². The van der Waals surface area contributed by atoms with Crippen LogP contribution in [0.1, 0.15) is 40.9 Å². The van der Waals surface area contributed by atoms with E-state index in [2.05, 4.69) is 11.4 Å². The number of nitrogens with two attached hydrogens (primary N) is 1. The molecule has 0 radical (unpaired) electrons. The second kappa shape index (κ2) is 7.00. The fourth-order valence-electron chi connectivity index (χ4n) is 3.51. The summed E-state index contributed by atoms with van der Waals surface area (Å²) in [6.45, 7) is 5.84. The number of carbonyl (C=O) groups excluding carboxylic acids is 2. The Hall–Kier alpha value is -3.14. The molecule has 1 aliphatic carbocycles. The van der Waals surface area contributed by atoms with Crippen LogP contribution in [0.4, 0.5) is 5.69 Å². The van der Waals surface area contributed by atoms with E-state index in [9.17, 15) is 9.59 Å². The molecule has 0 saturated carbocycles. The molecular weight excluding hydrogens is 324 g/mol. The summed E-state index contributed by atoms with van der Waals surface area (Å²) < 4.78 is 0. The molecule has 0 saturated heterocycles. The number of rotatable bonds is 4. The monoisotopic (exact) mass is 346 g/mol. The van der Waals surface area contributed by atoms with Gasteiger partial charge in [-0.1, -0.05) is 30.4 Å². The zero-order valence-corrected chi connectivity index (χ0v) is 15.2. The van der Waals surface area contributed by atoms with E-state index in [0.29, 0.717) is 12.0 Å². The van der Waals surface area contributed by atoms with Crippen LogP contribution in [0, 0.1) is 6.92 Å². The fraction of sp³-hybridized carbons (Fsp3) is 0.182. The number of amides is 2. The Morgan fingerprint density at radius 1 is 1.12 bits per heavy atom. The van der Waals surface area contributed by atoms with E-state index in [1.54, 1.807) is 12.1 Å². The smallest absolute Gasteiger partial charge is 0.249 e. The van der Waals surface area contributed by atoms with Crippen molar-refractivity contribution in [1.29, 1.82) is 0 Å². The van der Waals surface area contributed by atoms with Gasteiger partial charge in [0.15, 0.2) is 0 Å². The summed E-state index contributed by atoms with van der Waals surface area (Å²) in [4.78, 5) is 23.7. The van der Waals surface area contributed by atoms with Crippen molar-refractivity contribution in [3.8, 4) is 11.1 Å². The molecular formula is C22H22N2O2. The third-order valence-corrected chi connectivity index (χ3v) is 4.78. The van der Waals surface area contributed by atoms with Gasteiger partial charge in [-0.25, -0.2) is 0 Å². The molecule has 0 heterocycles. The summed E-state index contributed by atoms with van der Waals surface area (Å²) >= 11 is 0. The van der Waals surface area contributed by atoms with E-state index >= 15 is 0 Å². The summed E-state index contributed by atoms with van der Waals surface area (Å²) in [5, 5.41) is 2.92. The minimum Gasteiger partial charge on any atom is -0.366 e. The van der Waals surface area contributed by atoms with E-state index in [1.807, 2.05) is 45.0 Å². The summed E-state index contributed by atoms with van der Waals surface area (Å²) in [7, 11) is 0. The van der Waals surface area contributed by atoms with Crippen LogP contribution in [0.5, 0.6) is 0 Å². The molecule has 0 aromatic heterocycles. The van der Waals surface area contributed by atoms with Crippen molar-refractivity contribution in [2.75, 3.05) is 5.32 Å². The maximum Gasteiger partial charge on any atom is 0.249 e. The van der Waals surface area contributed by atoms with Gasteiger partial charge in [-0.15, -0.1) is 0 Å². The van der Waals surface area contributed by atoms with Crippen LogP contribution in [0.2, 0.25) is 0 Å². The largest absolute Gasteiger partial charge is 0.366 e. The maximum absolute atomic E-state index is 11.9. The standard InChI is InChI=1S/C22H22N2O2/c1-4-6-20(25)24-19-8-5-7-15(14(19)3)16-11-12-18(22(23)26)17-10-9-13(2)21(16)17/h4-9,11-12H,10H2,1-3H3,(H2,23,26)(H,24,25)/b6-4+. The van der Waals surface area contributed by atoms with Crippen LogP contribution < -0.4 is 11.1 Å². The molecule has 2 aromatic rings. The number of benzene rings is 2. The van der Waals surface area contributed by atoms with Gasteiger partial charge in [-0.3, -0.25) is 9.59 Å². The van der Waals surface area contributed by atoms with Gasteiger partial charge in [-0.05, 0) is 78.8 Å². The van der Waals surface area contributed by atoms with Crippen LogP contribution in [-0.4, -0.2) is 11.8 Å². The lowest BCUT2D eigenvalue weighted by Gasteiger charge is -2.17. The molecule has 0 atom stereocenters. The Bertz CT molecular complexity index is 968. The van der Waals surface area contributed by atoms with Gasteiger partial charge < -0.3 is 11.1 Å². The van der Waals surface area contributed by atoms with E-state index < -0.39 is 5.91 Å². The predicted octanol–water partition coefficient (Wildman–Crippen LogP) is 4.23. The van der Waals surface area contributed by atoms with Gasteiger partial charge in [0.1, 0.15) is 0 Å². The number of fused-ring (bicyclic) bond motifs is 1. The average molecular weight is 346 g/mol. The van der Waals surface area contributed by atoms with E-state index in [1.165, 1.54) is 6.08 Å². The predicted molar refractivity (Wildman–Crippen MR) is 106 cm³/mol. The van der Waals surface area contributed by atoms with Crippen LogP contribution in [0.3, 0.4) is 0 Å². The molecule has 0 spiro atoms. The number of hydrogen-bond acceptors (Lipinski definition) is 2. The number of hydrogen-bond donors (Lipinski definition) is 2. The van der Waals surface area contributed by atoms with Crippen molar-refractivity contribution >= 4 is 23.1 Å². The Kier molecular flexibility index (Phi) is 4.76. The molecule has 26 heavy (non-hydrogen) atoms. The highest BCUT2D eigenvalue weighted by molar-refractivity contribution is 6.02. The van der Waals surface area contributed by atoms with Crippen molar-refractivity contribution in [3.63, 3.8) is 0 Å². The topological polar surface area (TPSA) is 72.2 Å². The molecule has 1 aliphatic rings. The highest BCUT2D eigenvalue weighted by Gasteiger charge is 2.22. The highest BCUT2D eigenvalue weighted by atomic mass is 16.1. The normalized spacial score (nSPS) is 12.8. The fourth-order valence-corrected chi connectivity index (χ4v) is 3.51. The van der Waals surface area contributed by atoms with Crippen molar-refractivity contribution in [1.82, 2.24) is 0 Å². The zero-order chi connectivity index (χ0) is 18.8. The van der Waals surface area contributed by atoms with Crippen LogP contribution in [0.25, 0.3) is 16.7 Å². The summed E-state index contributed by atoms with van der Waals surface area (Å²) in [6.07, 6.45) is 6.04. The third kappa shape index (κ3) is 3.06. The second-order valence-corrected chi connectivity index (χ2v) is 6.44. The molecule has 0 fully saturated rings. The van der Waals surface area contributed by atoms with E-state index in [0.717, 1.165) is 39.1 Å². The first kappa shape index (κ1) is 17.7. The Labute approximate surface area is 153 Å². The molecule has 4 nitrogen and oxygen atoms in total. The minimum absolute atomic E-state index is 0.155. The molecule has 0 aliphatic heterocycles. The number of primary amides is 1. The van der Waals surface area contributed by atoms with Crippen molar-refractivity contribution in [3.05, 3.63) is 70.8 Å².